The van der Waals surface area contributed by atoms with Crippen molar-refractivity contribution in [2.75, 3.05) is 27.2 Å². The molecule has 26 heavy (non-hydrogen) atoms. The van der Waals surface area contributed by atoms with E-state index in [4.69, 9.17) is 10.1 Å². The Morgan fingerprint density at radius 1 is 1.31 bits per heavy atom. The fraction of sp³-hybridized carbons (Fsp3) is 0.600. The van der Waals surface area contributed by atoms with Crippen molar-refractivity contribution in [1.82, 2.24) is 15.5 Å². The van der Waals surface area contributed by atoms with Crippen molar-refractivity contribution >= 4 is 11.7 Å². The molecule has 1 aliphatic heterocycles. The van der Waals surface area contributed by atoms with Gasteiger partial charge in [0.05, 0.1) is 12.6 Å². The highest BCUT2D eigenvalue weighted by atomic mass is 16.5. The van der Waals surface area contributed by atoms with Crippen LogP contribution in [0.5, 0.6) is 5.75 Å². The van der Waals surface area contributed by atoms with Crippen LogP contribution in [0.4, 0.5) is 0 Å². The second-order valence-corrected chi connectivity index (χ2v) is 8.33. The first-order valence-electron chi connectivity index (χ1n) is 9.18. The van der Waals surface area contributed by atoms with Gasteiger partial charge in [-0.2, -0.15) is 0 Å². The third kappa shape index (κ3) is 6.02. The molecule has 1 amide bonds. The van der Waals surface area contributed by atoms with Crippen molar-refractivity contribution < 1.29 is 9.53 Å². The van der Waals surface area contributed by atoms with E-state index in [2.05, 4.69) is 31.4 Å². The highest BCUT2D eigenvalue weighted by Gasteiger charge is 2.30. The Morgan fingerprint density at radius 3 is 2.54 bits per heavy atom. The number of nitrogens with one attached hydrogen (secondary N) is 3. The van der Waals surface area contributed by atoms with Crippen LogP contribution in [0.1, 0.15) is 39.2 Å². The molecule has 6 nitrogen and oxygen atoms in total. The van der Waals surface area contributed by atoms with Gasteiger partial charge in [-0.05, 0) is 42.5 Å². The first-order chi connectivity index (χ1) is 12.2. The molecular formula is C20H32N4O2. The van der Waals surface area contributed by atoms with Gasteiger partial charge in [0, 0.05) is 32.2 Å². The molecule has 1 saturated heterocycles. The van der Waals surface area contributed by atoms with E-state index in [0.29, 0.717) is 25.4 Å². The number of carbonyl (C=O) groups excluding carboxylic acids is 1. The summed E-state index contributed by atoms with van der Waals surface area (Å²) in [5.74, 6) is 1.28. The average molecular weight is 361 g/mol. The third-order valence-corrected chi connectivity index (χ3v) is 4.48. The average Bonchev–Trinajstić information content (AvgIpc) is 3.01. The topological polar surface area (TPSA) is 77.5 Å². The molecule has 6 heteroatoms. The number of amidine groups is 1. The molecule has 0 aromatic heterocycles. The summed E-state index contributed by atoms with van der Waals surface area (Å²) >= 11 is 0. The van der Waals surface area contributed by atoms with E-state index in [9.17, 15) is 4.79 Å². The fourth-order valence-corrected chi connectivity index (χ4v) is 2.83. The molecule has 2 atom stereocenters. The molecule has 0 spiro atoms. The predicted molar refractivity (Wildman–Crippen MR) is 105 cm³/mol. The molecule has 0 saturated carbocycles. The van der Waals surface area contributed by atoms with Gasteiger partial charge in [0.15, 0.2) is 0 Å². The zero-order valence-corrected chi connectivity index (χ0v) is 16.6. The lowest BCUT2D eigenvalue weighted by Gasteiger charge is -2.18. The molecule has 1 heterocycles. The minimum atomic E-state index is -0.172. The fourth-order valence-electron chi connectivity index (χ4n) is 2.83. The zero-order chi connectivity index (χ0) is 19.3. The molecule has 1 aromatic rings. The monoisotopic (exact) mass is 360 g/mol. The van der Waals surface area contributed by atoms with Gasteiger partial charge >= 0.3 is 0 Å². The van der Waals surface area contributed by atoms with Gasteiger partial charge < -0.3 is 20.3 Å². The molecule has 0 radical (unpaired) electrons. The van der Waals surface area contributed by atoms with Crippen LogP contribution in [0.15, 0.2) is 24.3 Å². The third-order valence-electron chi connectivity index (χ3n) is 4.48. The molecule has 3 N–H and O–H groups in total. The summed E-state index contributed by atoms with van der Waals surface area (Å²) in [7, 11) is 3.52. The standard InChI is InChI=1S/C20H32N4O2/c1-20(2,3)10-11-26-16-8-6-14(7-9-16)18(21)23-15-12-17(22-13-15)19(25)24(4)5/h6-9,15,17,22H,10-13H2,1-5H3,(H2,21,23). The highest BCUT2D eigenvalue weighted by molar-refractivity contribution is 5.96. The van der Waals surface area contributed by atoms with Crippen molar-refractivity contribution in [3.05, 3.63) is 29.8 Å². The molecule has 0 aliphatic carbocycles. The van der Waals surface area contributed by atoms with Crippen LogP contribution in [0.25, 0.3) is 0 Å². The number of carbonyl (C=O) groups is 1. The van der Waals surface area contributed by atoms with Crippen LogP contribution in [-0.4, -0.2) is 56.0 Å². The number of hydrogen-bond donors (Lipinski definition) is 3. The van der Waals surface area contributed by atoms with E-state index in [1.165, 1.54) is 0 Å². The van der Waals surface area contributed by atoms with Crippen LogP contribution >= 0.6 is 0 Å². The van der Waals surface area contributed by atoms with Crippen molar-refractivity contribution in [3.8, 4) is 5.75 Å². The maximum Gasteiger partial charge on any atom is 0.239 e. The summed E-state index contributed by atoms with van der Waals surface area (Å²) in [5, 5.41) is 14.7. The zero-order valence-electron chi connectivity index (χ0n) is 16.6. The first kappa shape index (κ1) is 20.2. The molecular weight excluding hydrogens is 328 g/mol. The van der Waals surface area contributed by atoms with Crippen LogP contribution in [0.3, 0.4) is 0 Å². The SMILES string of the molecule is CN(C)C(=O)C1CC(NC(=N)c2ccc(OCCC(C)(C)C)cc2)CN1. The Balaban J connectivity index is 1.82. The Hall–Kier alpha value is -2.08. The van der Waals surface area contributed by atoms with Crippen molar-refractivity contribution in [2.24, 2.45) is 5.41 Å². The first-order valence-corrected chi connectivity index (χ1v) is 9.18. The Morgan fingerprint density at radius 2 is 1.96 bits per heavy atom. The summed E-state index contributed by atoms with van der Waals surface area (Å²) in [6.07, 6.45) is 1.68. The maximum atomic E-state index is 12.0. The Kier molecular flexibility index (Phi) is 6.64. The number of nitrogens with zero attached hydrogens (tertiary/aromatic N) is 1. The van der Waals surface area contributed by atoms with E-state index in [-0.39, 0.29) is 23.4 Å². The van der Waals surface area contributed by atoms with Crippen LogP contribution < -0.4 is 15.4 Å². The van der Waals surface area contributed by atoms with Crippen molar-refractivity contribution in [1.29, 1.82) is 5.41 Å². The quantitative estimate of drug-likeness (QED) is 0.537. The van der Waals surface area contributed by atoms with Gasteiger partial charge in [0.25, 0.3) is 0 Å². The summed E-state index contributed by atoms with van der Waals surface area (Å²) in [5.41, 5.74) is 1.07. The van der Waals surface area contributed by atoms with Crippen molar-refractivity contribution in [2.45, 2.75) is 45.7 Å². The van der Waals surface area contributed by atoms with Crippen molar-refractivity contribution in [3.63, 3.8) is 0 Å². The van der Waals surface area contributed by atoms with Crippen LogP contribution in [0, 0.1) is 10.8 Å². The minimum Gasteiger partial charge on any atom is -0.494 e. The maximum absolute atomic E-state index is 12.0. The van der Waals surface area contributed by atoms with Crippen LogP contribution in [-0.2, 0) is 4.79 Å². The predicted octanol–water partition coefficient (Wildman–Crippen LogP) is 2.24. The summed E-state index contributed by atoms with van der Waals surface area (Å²) in [6, 6.07) is 7.51. The van der Waals surface area contributed by atoms with E-state index in [1.807, 2.05) is 24.3 Å². The molecule has 144 valence electrons. The van der Waals surface area contributed by atoms with E-state index in [1.54, 1.807) is 19.0 Å². The Bertz CT molecular complexity index is 620. The molecule has 0 bridgehead atoms. The number of likely N-dealkylation sites (N-methyl/N-ethyl adjacent to an activating group) is 1. The second kappa shape index (κ2) is 8.54. The lowest BCUT2D eigenvalue weighted by molar-refractivity contribution is -0.130. The summed E-state index contributed by atoms with van der Waals surface area (Å²) in [4.78, 5) is 13.6. The van der Waals surface area contributed by atoms with Gasteiger partial charge in [0.2, 0.25) is 5.91 Å². The van der Waals surface area contributed by atoms with Gasteiger partial charge in [-0.3, -0.25) is 10.2 Å². The Labute approximate surface area is 156 Å². The lowest BCUT2D eigenvalue weighted by Crippen LogP contribution is -2.39. The lowest BCUT2D eigenvalue weighted by atomic mass is 9.93. The molecule has 2 rings (SSSR count). The summed E-state index contributed by atoms with van der Waals surface area (Å²) < 4.78 is 5.77. The van der Waals surface area contributed by atoms with E-state index >= 15 is 0 Å². The number of amides is 1. The number of rotatable bonds is 6. The van der Waals surface area contributed by atoms with E-state index in [0.717, 1.165) is 17.7 Å². The molecule has 1 aromatic carbocycles. The second-order valence-electron chi connectivity index (χ2n) is 8.33. The number of hydrogen-bond acceptors (Lipinski definition) is 4. The smallest absolute Gasteiger partial charge is 0.239 e. The molecule has 1 aliphatic rings. The minimum absolute atomic E-state index is 0.0811. The largest absolute Gasteiger partial charge is 0.494 e. The van der Waals surface area contributed by atoms with E-state index < -0.39 is 0 Å². The molecule has 2 unspecified atom stereocenters. The normalized spacial score (nSPS) is 19.9. The number of benzene rings is 1. The van der Waals surface area contributed by atoms with Gasteiger partial charge in [0.1, 0.15) is 11.6 Å². The summed E-state index contributed by atoms with van der Waals surface area (Å²) in [6.45, 7) is 7.96. The number of ether oxygens (including phenoxy) is 1. The van der Waals surface area contributed by atoms with Crippen LogP contribution in [0.2, 0.25) is 0 Å². The highest BCUT2D eigenvalue weighted by Crippen LogP contribution is 2.20. The van der Waals surface area contributed by atoms with Gasteiger partial charge in [-0.15, -0.1) is 0 Å². The molecule has 1 fully saturated rings. The van der Waals surface area contributed by atoms with Gasteiger partial charge in [-0.25, -0.2) is 0 Å². The van der Waals surface area contributed by atoms with Gasteiger partial charge in [-0.1, -0.05) is 20.8 Å².